The van der Waals surface area contributed by atoms with Gasteiger partial charge in [-0.15, -0.1) is 12.4 Å². The molecule has 0 saturated carbocycles. The minimum absolute atomic E-state index is 0. The molecule has 1 saturated heterocycles. The van der Waals surface area contributed by atoms with Gasteiger partial charge in [-0.05, 0) is 31.0 Å². The highest BCUT2D eigenvalue weighted by Gasteiger charge is 2.36. The molecule has 1 fully saturated rings. The number of halogens is 4. The number of alkyl halides is 3. The van der Waals surface area contributed by atoms with Crippen molar-refractivity contribution in [3.63, 3.8) is 0 Å². The fourth-order valence-corrected chi connectivity index (χ4v) is 4.76. The van der Waals surface area contributed by atoms with Crippen LogP contribution in [-0.4, -0.2) is 38.4 Å². The average molecular weight is 387 g/mol. The van der Waals surface area contributed by atoms with Gasteiger partial charge in [0.25, 0.3) is 0 Å². The fourth-order valence-electron chi connectivity index (χ4n) is 2.86. The van der Waals surface area contributed by atoms with Gasteiger partial charge in [0.2, 0.25) is 10.0 Å². The molecule has 0 amide bonds. The van der Waals surface area contributed by atoms with Crippen molar-refractivity contribution in [2.45, 2.75) is 37.7 Å². The summed E-state index contributed by atoms with van der Waals surface area (Å²) in [4.78, 5) is 0. The molecule has 2 rings (SSSR count). The van der Waals surface area contributed by atoms with Crippen LogP contribution >= 0.6 is 12.4 Å². The van der Waals surface area contributed by atoms with Crippen LogP contribution in [0.4, 0.5) is 13.2 Å². The molecule has 9 heteroatoms. The first-order valence-corrected chi connectivity index (χ1v) is 9.22. The maximum atomic E-state index is 13.1. The maximum absolute atomic E-state index is 13.1. The lowest BCUT2D eigenvalue weighted by molar-refractivity contribution is -0.138. The Morgan fingerprint density at radius 2 is 1.96 bits per heavy atom. The highest BCUT2D eigenvalue weighted by molar-refractivity contribution is 7.88. The fraction of sp³-hybridized carbons (Fsp3) is 0.600. The lowest BCUT2D eigenvalue weighted by atomic mass is 10.1. The molecule has 1 aliphatic rings. The van der Waals surface area contributed by atoms with Crippen LogP contribution in [0.25, 0.3) is 0 Å². The smallest absolute Gasteiger partial charge is 0.315 e. The third-order valence-corrected chi connectivity index (χ3v) is 5.77. The van der Waals surface area contributed by atoms with Crippen LogP contribution in [0.1, 0.15) is 30.9 Å². The predicted octanol–water partition coefficient (Wildman–Crippen LogP) is 3.03. The van der Waals surface area contributed by atoms with Crippen molar-refractivity contribution in [2.75, 3.05) is 19.6 Å². The Hall–Kier alpha value is -0.830. The van der Waals surface area contributed by atoms with Crippen LogP contribution in [0.5, 0.6) is 0 Å². The molecular weight excluding hydrogens is 365 g/mol. The first-order chi connectivity index (χ1) is 10.8. The first kappa shape index (κ1) is 21.2. The van der Waals surface area contributed by atoms with Gasteiger partial charge in [-0.1, -0.05) is 25.1 Å². The summed E-state index contributed by atoms with van der Waals surface area (Å²) in [6.45, 7) is 3.44. The molecule has 1 aliphatic heterocycles. The molecule has 0 aromatic heterocycles. The third kappa shape index (κ3) is 5.08. The van der Waals surface area contributed by atoms with Crippen molar-refractivity contribution in [1.82, 2.24) is 9.62 Å². The number of hydrogen-bond donors (Lipinski definition) is 1. The second-order valence-corrected chi connectivity index (χ2v) is 7.59. The van der Waals surface area contributed by atoms with Crippen molar-refractivity contribution < 1.29 is 21.6 Å². The summed E-state index contributed by atoms with van der Waals surface area (Å²) in [5.74, 6) is -0.626. The van der Waals surface area contributed by atoms with Crippen LogP contribution < -0.4 is 5.32 Å². The zero-order valence-electron chi connectivity index (χ0n) is 13.3. The van der Waals surface area contributed by atoms with E-state index in [2.05, 4.69) is 5.32 Å². The Labute approximate surface area is 146 Å². The molecular formula is C15H22ClF3N2O2S. The Bertz CT molecular complexity index is 632. The van der Waals surface area contributed by atoms with Gasteiger partial charge in [0.15, 0.2) is 0 Å². The average Bonchev–Trinajstić information content (AvgIpc) is 2.97. The Kier molecular flexibility index (Phi) is 7.52. The van der Waals surface area contributed by atoms with E-state index < -0.39 is 27.5 Å². The maximum Gasteiger partial charge on any atom is 0.416 e. The number of hydrogen-bond acceptors (Lipinski definition) is 3. The summed E-state index contributed by atoms with van der Waals surface area (Å²) in [6.07, 6.45) is -3.26. The molecule has 1 aromatic carbocycles. The molecule has 1 aromatic rings. The van der Waals surface area contributed by atoms with E-state index in [1.54, 1.807) is 0 Å². The molecule has 1 atom stereocenters. The van der Waals surface area contributed by atoms with E-state index in [4.69, 9.17) is 0 Å². The Morgan fingerprint density at radius 1 is 1.29 bits per heavy atom. The molecule has 0 bridgehead atoms. The topological polar surface area (TPSA) is 49.4 Å². The minimum Gasteiger partial charge on any atom is -0.315 e. The zero-order valence-corrected chi connectivity index (χ0v) is 15.0. The molecule has 0 spiro atoms. The summed E-state index contributed by atoms with van der Waals surface area (Å²) in [5, 5.41) is 3.10. The summed E-state index contributed by atoms with van der Waals surface area (Å²) in [5.41, 5.74) is -1.09. The summed E-state index contributed by atoms with van der Waals surface area (Å²) < 4.78 is 65.9. The highest BCUT2D eigenvalue weighted by atomic mass is 35.5. The van der Waals surface area contributed by atoms with Gasteiger partial charge >= 0.3 is 6.18 Å². The first-order valence-electron chi connectivity index (χ1n) is 7.61. The number of rotatable bonds is 6. The number of sulfonamides is 1. The molecule has 138 valence electrons. The molecule has 0 radical (unpaired) electrons. The van der Waals surface area contributed by atoms with Gasteiger partial charge in [-0.25, -0.2) is 8.42 Å². The molecule has 1 N–H and O–H groups in total. The second-order valence-electron chi connectivity index (χ2n) is 5.67. The monoisotopic (exact) mass is 386 g/mol. The third-order valence-electron chi connectivity index (χ3n) is 3.90. The number of nitrogens with zero attached hydrogens (tertiary/aromatic N) is 1. The molecule has 4 nitrogen and oxygen atoms in total. The molecule has 1 heterocycles. The Morgan fingerprint density at radius 3 is 2.50 bits per heavy atom. The van der Waals surface area contributed by atoms with E-state index >= 15 is 0 Å². The van der Waals surface area contributed by atoms with E-state index in [0.29, 0.717) is 25.9 Å². The van der Waals surface area contributed by atoms with Gasteiger partial charge in [-0.3, -0.25) is 0 Å². The lowest BCUT2D eigenvalue weighted by Gasteiger charge is -2.27. The zero-order chi connectivity index (χ0) is 17.1. The van der Waals surface area contributed by atoms with E-state index in [0.717, 1.165) is 12.6 Å². The van der Waals surface area contributed by atoms with Crippen LogP contribution in [0.15, 0.2) is 24.3 Å². The van der Waals surface area contributed by atoms with Crippen LogP contribution in [0.3, 0.4) is 0 Å². The van der Waals surface area contributed by atoms with Crippen molar-refractivity contribution in [3.05, 3.63) is 35.4 Å². The van der Waals surface area contributed by atoms with Crippen LogP contribution in [0.2, 0.25) is 0 Å². The van der Waals surface area contributed by atoms with Gasteiger partial charge in [-0.2, -0.15) is 17.5 Å². The lowest BCUT2D eigenvalue weighted by Crippen LogP contribution is -2.42. The van der Waals surface area contributed by atoms with Crippen LogP contribution in [-0.2, 0) is 22.0 Å². The van der Waals surface area contributed by atoms with Gasteiger partial charge < -0.3 is 5.32 Å². The quantitative estimate of drug-likeness (QED) is 0.817. The molecule has 24 heavy (non-hydrogen) atoms. The number of nitrogens with one attached hydrogen (secondary N) is 1. The van der Waals surface area contributed by atoms with Crippen LogP contribution in [0, 0.1) is 0 Å². The molecule has 1 unspecified atom stereocenters. The van der Waals surface area contributed by atoms with E-state index in [9.17, 15) is 21.6 Å². The van der Waals surface area contributed by atoms with Crippen molar-refractivity contribution in [3.8, 4) is 0 Å². The predicted molar refractivity (Wildman–Crippen MR) is 89.6 cm³/mol. The largest absolute Gasteiger partial charge is 0.416 e. The van der Waals surface area contributed by atoms with E-state index in [1.807, 2.05) is 6.92 Å². The standard InChI is InChI=1S/C15H21F3N2O2S.ClH/c1-2-9-20(13-7-8-19-10-13)23(21,22)11-12-5-3-4-6-14(12)15(16,17)18;/h3-6,13,19H,2,7-11H2,1H3;1H. The van der Waals surface area contributed by atoms with E-state index in [1.165, 1.54) is 22.5 Å². The summed E-state index contributed by atoms with van der Waals surface area (Å²) in [7, 11) is -3.81. The highest BCUT2D eigenvalue weighted by Crippen LogP contribution is 2.33. The van der Waals surface area contributed by atoms with Gasteiger partial charge in [0, 0.05) is 19.1 Å². The SMILES string of the molecule is CCCN(C1CCNC1)S(=O)(=O)Cc1ccccc1C(F)(F)F.Cl. The van der Waals surface area contributed by atoms with Crippen molar-refractivity contribution >= 4 is 22.4 Å². The van der Waals surface area contributed by atoms with Crippen molar-refractivity contribution in [1.29, 1.82) is 0 Å². The Balaban J connectivity index is 0.00000288. The summed E-state index contributed by atoms with van der Waals surface area (Å²) >= 11 is 0. The normalized spacial score (nSPS) is 18.6. The minimum atomic E-state index is -4.56. The van der Waals surface area contributed by atoms with E-state index in [-0.39, 0.29) is 24.0 Å². The molecule has 0 aliphatic carbocycles. The van der Waals surface area contributed by atoms with Gasteiger partial charge in [0.05, 0.1) is 11.3 Å². The second kappa shape index (κ2) is 8.51. The van der Waals surface area contributed by atoms with Crippen molar-refractivity contribution in [2.24, 2.45) is 0 Å². The summed E-state index contributed by atoms with van der Waals surface area (Å²) in [6, 6.07) is 4.67. The number of benzene rings is 1. The van der Waals surface area contributed by atoms with Gasteiger partial charge in [0.1, 0.15) is 0 Å².